The van der Waals surface area contributed by atoms with Crippen molar-refractivity contribution in [2.75, 3.05) is 24.2 Å². The molecule has 1 aromatic carbocycles. The van der Waals surface area contributed by atoms with Crippen LogP contribution < -0.4 is 11.1 Å². The van der Waals surface area contributed by atoms with E-state index >= 15 is 0 Å². The van der Waals surface area contributed by atoms with Crippen molar-refractivity contribution in [1.82, 2.24) is 0 Å². The third-order valence-electron chi connectivity index (χ3n) is 3.42. The van der Waals surface area contributed by atoms with Gasteiger partial charge in [-0.05, 0) is 37.5 Å². The molecule has 0 saturated heterocycles. The molecule has 1 saturated carbocycles. The highest BCUT2D eigenvalue weighted by molar-refractivity contribution is 6.33. The molecule has 0 aliphatic heterocycles. The minimum atomic E-state index is 0.475. The lowest BCUT2D eigenvalue weighted by atomic mass is 10.2. The lowest BCUT2D eigenvalue weighted by molar-refractivity contribution is 0.0659. The molecule has 18 heavy (non-hydrogen) atoms. The number of nitrogen functional groups attached to an aromatic ring is 1. The molecule has 0 aromatic heterocycles. The monoisotopic (exact) mass is 268 g/mol. The number of nitrogens with one attached hydrogen (secondary N) is 1. The van der Waals surface area contributed by atoms with Gasteiger partial charge in [-0.25, -0.2) is 0 Å². The first-order valence-corrected chi connectivity index (χ1v) is 6.95. The molecule has 0 amide bonds. The fraction of sp³-hybridized carbons (Fsp3) is 0.571. The molecule has 0 heterocycles. The third kappa shape index (κ3) is 3.53. The molecule has 1 fully saturated rings. The Morgan fingerprint density at radius 2 is 2.11 bits per heavy atom. The van der Waals surface area contributed by atoms with E-state index < -0.39 is 0 Å². The molecule has 4 heteroatoms. The van der Waals surface area contributed by atoms with Crippen LogP contribution in [0.5, 0.6) is 0 Å². The van der Waals surface area contributed by atoms with Gasteiger partial charge >= 0.3 is 0 Å². The van der Waals surface area contributed by atoms with Crippen LogP contribution in [0.4, 0.5) is 11.4 Å². The molecule has 1 aliphatic rings. The summed E-state index contributed by atoms with van der Waals surface area (Å²) in [6.45, 7) is 3.57. The predicted octanol–water partition coefficient (Wildman–Crippen LogP) is 3.60. The summed E-state index contributed by atoms with van der Waals surface area (Å²) < 4.78 is 5.80. The smallest absolute Gasteiger partial charge is 0.0656 e. The summed E-state index contributed by atoms with van der Waals surface area (Å²) in [6.07, 6.45) is 5.53. The number of aryl methyl sites for hydroxylation is 1. The molecule has 0 spiro atoms. The van der Waals surface area contributed by atoms with Gasteiger partial charge in [-0.15, -0.1) is 0 Å². The van der Waals surface area contributed by atoms with Crippen molar-refractivity contribution in [1.29, 1.82) is 0 Å². The van der Waals surface area contributed by atoms with Crippen LogP contribution in [0.15, 0.2) is 12.1 Å². The fourth-order valence-electron chi connectivity index (χ4n) is 2.36. The highest BCUT2D eigenvalue weighted by atomic mass is 35.5. The van der Waals surface area contributed by atoms with Crippen molar-refractivity contribution in [3.8, 4) is 0 Å². The van der Waals surface area contributed by atoms with Crippen LogP contribution in [0.3, 0.4) is 0 Å². The molecular formula is C14H21ClN2O. The second kappa shape index (κ2) is 6.30. The first kappa shape index (κ1) is 13.5. The highest BCUT2D eigenvalue weighted by Gasteiger charge is 2.14. The van der Waals surface area contributed by atoms with Gasteiger partial charge < -0.3 is 15.8 Å². The number of hydrogen-bond donors (Lipinski definition) is 2. The number of anilines is 2. The maximum Gasteiger partial charge on any atom is 0.0656 e. The first-order valence-electron chi connectivity index (χ1n) is 6.58. The SMILES string of the molecule is Cc1cc(N)c(Cl)cc1NCCOC1CCCC1. The van der Waals surface area contributed by atoms with Crippen LogP contribution in [-0.4, -0.2) is 19.3 Å². The maximum absolute atomic E-state index is 6.01. The number of rotatable bonds is 5. The third-order valence-corrected chi connectivity index (χ3v) is 3.74. The molecule has 3 nitrogen and oxygen atoms in total. The Morgan fingerprint density at radius 3 is 2.83 bits per heavy atom. The topological polar surface area (TPSA) is 47.3 Å². The largest absolute Gasteiger partial charge is 0.398 e. The van der Waals surface area contributed by atoms with Gasteiger partial charge in [0.25, 0.3) is 0 Å². The van der Waals surface area contributed by atoms with Crippen LogP contribution >= 0.6 is 11.6 Å². The van der Waals surface area contributed by atoms with E-state index in [0.717, 1.165) is 24.4 Å². The van der Waals surface area contributed by atoms with Gasteiger partial charge in [0.15, 0.2) is 0 Å². The van der Waals surface area contributed by atoms with Crippen molar-refractivity contribution in [3.05, 3.63) is 22.7 Å². The standard InChI is InChI=1S/C14H21ClN2O/c1-10-8-13(16)12(15)9-14(10)17-6-7-18-11-4-2-3-5-11/h8-9,11,17H,2-7,16H2,1H3. The summed E-state index contributed by atoms with van der Waals surface area (Å²) in [5.74, 6) is 0. The summed E-state index contributed by atoms with van der Waals surface area (Å²) in [6, 6.07) is 3.77. The van der Waals surface area contributed by atoms with Crippen molar-refractivity contribution >= 4 is 23.0 Å². The van der Waals surface area contributed by atoms with Gasteiger partial charge in [0.2, 0.25) is 0 Å². The average molecular weight is 269 g/mol. The van der Waals surface area contributed by atoms with E-state index in [-0.39, 0.29) is 0 Å². The Labute approximate surface area is 114 Å². The molecular weight excluding hydrogens is 248 g/mol. The van der Waals surface area contributed by atoms with E-state index in [9.17, 15) is 0 Å². The minimum absolute atomic E-state index is 0.475. The Kier molecular flexibility index (Phi) is 4.72. The zero-order valence-corrected chi connectivity index (χ0v) is 11.6. The van der Waals surface area contributed by atoms with Crippen LogP contribution in [-0.2, 0) is 4.74 Å². The number of halogens is 1. The van der Waals surface area contributed by atoms with Gasteiger partial charge in [0.1, 0.15) is 0 Å². The molecule has 100 valence electrons. The van der Waals surface area contributed by atoms with E-state index in [4.69, 9.17) is 22.1 Å². The van der Waals surface area contributed by atoms with E-state index in [0.29, 0.717) is 16.8 Å². The molecule has 1 aromatic rings. The van der Waals surface area contributed by atoms with Gasteiger partial charge in [0.05, 0.1) is 23.4 Å². The molecule has 2 rings (SSSR count). The Hall–Kier alpha value is -0.930. The quantitative estimate of drug-likeness (QED) is 0.634. The second-order valence-corrected chi connectivity index (χ2v) is 5.30. The van der Waals surface area contributed by atoms with Gasteiger partial charge in [0, 0.05) is 12.2 Å². The lowest BCUT2D eigenvalue weighted by Crippen LogP contribution is -2.15. The summed E-state index contributed by atoms with van der Waals surface area (Å²) in [4.78, 5) is 0. The van der Waals surface area contributed by atoms with Crippen LogP contribution in [0, 0.1) is 6.92 Å². The van der Waals surface area contributed by atoms with Gasteiger partial charge in [-0.3, -0.25) is 0 Å². The first-order chi connectivity index (χ1) is 8.66. The molecule has 1 aliphatic carbocycles. The summed E-state index contributed by atoms with van der Waals surface area (Å²) >= 11 is 6.01. The summed E-state index contributed by atoms with van der Waals surface area (Å²) in [7, 11) is 0. The highest BCUT2D eigenvalue weighted by Crippen LogP contribution is 2.26. The minimum Gasteiger partial charge on any atom is -0.398 e. The zero-order valence-electron chi connectivity index (χ0n) is 10.8. The Bertz CT molecular complexity index is 403. The van der Waals surface area contributed by atoms with E-state index in [1.165, 1.54) is 25.7 Å². The van der Waals surface area contributed by atoms with Crippen LogP contribution in [0.2, 0.25) is 5.02 Å². The number of ether oxygens (including phenoxy) is 1. The van der Waals surface area contributed by atoms with Crippen molar-refractivity contribution in [3.63, 3.8) is 0 Å². The van der Waals surface area contributed by atoms with Gasteiger partial charge in [-0.1, -0.05) is 24.4 Å². The normalized spacial score (nSPS) is 16.1. The van der Waals surface area contributed by atoms with Gasteiger partial charge in [-0.2, -0.15) is 0 Å². The zero-order chi connectivity index (χ0) is 13.0. The molecule has 0 atom stereocenters. The summed E-state index contributed by atoms with van der Waals surface area (Å²) in [5, 5.41) is 3.94. The van der Waals surface area contributed by atoms with E-state index in [2.05, 4.69) is 5.32 Å². The average Bonchev–Trinajstić information content (AvgIpc) is 2.84. The van der Waals surface area contributed by atoms with Crippen LogP contribution in [0.25, 0.3) is 0 Å². The fourth-order valence-corrected chi connectivity index (χ4v) is 2.52. The predicted molar refractivity (Wildman–Crippen MR) is 77.3 cm³/mol. The Morgan fingerprint density at radius 1 is 1.39 bits per heavy atom. The second-order valence-electron chi connectivity index (χ2n) is 4.89. The number of benzene rings is 1. The van der Waals surface area contributed by atoms with Crippen LogP contribution in [0.1, 0.15) is 31.2 Å². The van der Waals surface area contributed by atoms with Crippen molar-refractivity contribution in [2.45, 2.75) is 38.7 Å². The number of nitrogens with two attached hydrogens (primary N) is 1. The van der Waals surface area contributed by atoms with Crippen molar-refractivity contribution in [2.24, 2.45) is 0 Å². The molecule has 3 N–H and O–H groups in total. The lowest BCUT2D eigenvalue weighted by Gasteiger charge is -2.14. The van der Waals surface area contributed by atoms with Crippen molar-refractivity contribution < 1.29 is 4.74 Å². The van der Waals surface area contributed by atoms with E-state index in [1.54, 1.807) is 0 Å². The maximum atomic E-state index is 6.01. The Balaban J connectivity index is 1.77. The molecule has 0 bridgehead atoms. The molecule has 0 radical (unpaired) electrons. The van der Waals surface area contributed by atoms with E-state index in [1.807, 2.05) is 19.1 Å². The number of hydrogen-bond acceptors (Lipinski definition) is 3. The molecule has 0 unspecified atom stereocenters. The summed E-state index contributed by atoms with van der Waals surface area (Å²) in [5.41, 5.74) is 8.51.